The molecule has 2 nitrogen and oxygen atoms in total. The molecule has 96 valence electrons. The van der Waals surface area contributed by atoms with Crippen LogP contribution in [-0.4, -0.2) is 25.6 Å². The number of ether oxygens (including phenoxy) is 1. The van der Waals surface area contributed by atoms with Gasteiger partial charge in [0.15, 0.2) is 0 Å². The monoisotopic (exact) mass is 323 g/mol. The summed E-state index contributed by atoms with van der Waals surface area (Å²) in [4.78, 5) is 0. The lowest BCUT2D eigenvalue weighted by molar-refractivity contribution is 0.164. The van der Waals surface area contributed by atoms with Crippen molar-refractivity contribution >= 4 is 27.5 Å². The second-order valence-corrected chi connectivity index (χ2v) is 5.04. The summed E-state index contributed by atoms with van der Waals surface area (Å²) in [5.74, 6) is 0.345. The molecule has 1 aromatic rings. The van der Waals surface area contributed by atoms with E-state index in [4.69, 9.17) is 16.3 Å². The molecule has 5 heteroatoms. The molecule has 0 fully saturated rings. The number of benzene rings is 1. The van der Waals surface area contributed by atoms with Crippen LogP contribution < -0.4 is 5.32 Å². The molecule has 1 aromatic carbocycles. The number of hydrogen-bond donors (Lipinski definition) is 1. The van der Waals surface area contributed by atoms with Crippen molar-refractivity contribution in [3.8, 4) is 0 Å². The first-order valence-electron chi connectivity index (χ1n) is 5.39. The Bertz CT molecular complexity index is 345. The first-order valence-corrected chi connectivity index (χ1v) is 6.72. The summed E-state index contributed by atoms with van der Waals surface area (Å²) < 4.78 is 19.4. The topological polar surface area (TPSA) is 21.3 Å². The molecule has 0 spiro atoms. The molecule has 0 aromatic heterocycles. The number of nitrogens with one attached hydrogen (secondary N) is 1. The smallest absolute Gasteiger partial charge is 0.128 e. The van der Waals surface area contributed by atoms with Gasteiger partial charge in [0.1, 0.15) is 5.82 Å². The molecule has 0 saturated heterocycles. The van der Waals surface area contributed by atoms with Gasteiger partial charge in [0.05, 0.1) is 6.61 Å². The summed E-state index contributed by atoms with van der Waals surface area (Å²) in [6, 6.07) is 5.20. The quantitative estimate of drug-likeness (QED) is 0.777. The lowest BCUT2D eigenvalue weighted by Crippen LogP contribution is -2.33. The summed E-state index contributed by atoms with van der Waals surface area (Å²) in [5, 5.41) is 3.23. The summed E-state index contributed by atoms with van der Waals surface area (Å²) in [6.07, 6.45) is 0.799. The Morgan fingerprint density at radius 3 is 2.88 bits per heavy atom. The molecule has 0 aliphatic rings. The zero-order valence-corrected chi connectivity index (χ0v) is 12.0. The van der Waals surface area contributed by atoms with Gasteiger partial charge in [-0.1, -0.05) is 22.0 Å². The molecular weight excluding hydrogens is 308 g/mol. The largest absolute Gasteiger partial charge is 0.383 e. The maximum Gasteiger partial charge on any atom is 0.128 e. The Morgan fingerprint density at radius 2 is 2.29 bits per heavy atom. The standard InChI is InChI=1S/C12H16BrClFNO/c1-17-8-11(4-5-14)16-7-9-2-3-10(13)6-12(9)15/h2-3,6,11,16H,4-5,7-8H2,1H3. The van der Waals surface area contributed by atoms with Crippen LogP contribution in [0.5, 0.6) is 0 Å². The summed E-state index contributed by atoms with van der Waals surface area (Å²) >= 11 is 8.92. The molecular formula is C12H16BrClFNO. The normalized spacial score (nSPS) is 12.7. The van der Waals surface area contributed by atoms with E-state index in [0.717, 1.165) is 10.9 Å². The lowest BCUT2D eigenvalue weighted by Gasteiger charge is -2.17. The Hall–Kier alpha value is -0.160. The van der Waals surface area contributed by atoms with E-state index in [-0.39, 0.29) is 11.9 Å². The van der Waals surface area contributed by atoms with Crippen LogP contribution in [0.4, 0.5) is 4.39 Å². The number of rotatable bonds is 7. The van der Waals surface area contributed by atoms with Crippen LogP contribution in [0.2, 0.25) is 0 Å². The molecule has 0 amide bonds. The number of alkyl halides is 1. The zero-order chi connectivity index (χ0) is 12.7. The van der Waals surface area contributed by atoms with Gasteiger partial charge in [0.25, 0.3) is 0 Å². The predicted molar refractivity (Wildman–Crippen MR) is 71.9 cm³/mol. The average Bonchev–Trinajstić information content (AvgIpc) is 2.28. The Kier molecular flexibility index (Phi) is 7.04. The predicted octanol–water partition coefficient (Wildman–Crippen LogP) is 3.32. The fourth-order valence-electron chi connectivity index (χ4n) is 1.50. The van der Waals surface area contributed by atoms with Crippen LogP contribution >= 0.6 is 27.5 Å². The highest BCUT2D eigenvalue weighted by Crippen LogP contribution is 2.15. The molecule has 0 bridgehead atoms. The van der Waals surface area contributed by atoms with E-state index in [1.54, 1.807) is 13.2 Å². The molecule has 1 unspecified atom stereocenters. The van der Waals surface area contributed by atoms with Crippen molar-refractivity contribution in [2.75, 3.05) is 19.6 Å². The molecule has 1 N–H and O–H groups in total. The van der Waals surface area contributed by atoms with E-state index in [1.165, 1.54) is 6.07 Å². The molecule has 0 aliphatic carbocycles. The highest BCUT2D eigenvalue weighted by molar-refractivity contribution is 9.10. The van der Waals surface area contributed by atoms with Gasteiger partial charge < -0.3 is 10.1 Å². The van der Waals surface area contributed by atoms with Crippen LogP contribution in [0.3, 0.4) is 0 Å². The summed E-state index contributed by atoms with van der Waals surface area (Å²) in [7, 11) is 1.64. The number of halogens is 3. The van der Waals surface area contributed by atoms with Crippen molar-refractivity contribution in [2.45, 2.75) is 19.0 Å². The van der Waals surface area contributed by atoms with Crippen molar-refractivity contribution in [1.82, 2.24) is 5.32 Å². The van der Waals surface area contributed by atoms with Crippen molar-refractivity contribution < 1.29 is 9.13 Å². The van der Waals surface area contributed by atoms with Crippen molar-refractivity contribution in [2.24, 2.45) is 0 Å². The van der Waals surface area contributed by atoms with E-state index >= 15 is 0 Å². The van der Waals surface area contributed by atoms with E-state index in [9.17, 15) is 4.39 Å². The third-order valence-corrected chi connectivity index (χ3v) is 3.13. The average molecular weight is 325 g/mol. The van der Waals surface area contributed by atoms with E-state index in [0.29, 0.717) is 24.6 Å². The van der Waals surface area contributed by atoms with Gasteiger partial charge in [-0.25, -0.2) is 4.39 Å². The van der Waals surface area contributed by atoms with Gasteiger partial charge in [-0.3, -0.25) is 0 Å². The van der Waals surface area contributed by atoms with Gasteiger partial charge in [-0.05, 0) is 18.6 Å². The van der Waals surface area contributed by atoms with Crippen LogP contribution in [0, 0.1) is 5.82 Å². The van der Waals surface area contributed by atoms with Crippen LogP contribution in [0.15, 0.2) is 22.7 Å². The lowest BCUT2D eigenvalue weighted by atomic mass is 10.2. The third-order valence-electron chi connectivity index (χ3n) is 2.42. The highest BCUT2D eigenvalue weighted by atomic mass is 79.9. The summed E-state index contributed by atoms with van der Waals surface area (Å²) in [6.45, 7) is 1.05. The van der Waals surface area contributed by atoms with E-state index in [1.807, 2.05) is 6.07 Å². The molecule has 0 radical (unpaired) electrons. The summed E-state index contributed by atoms with van der Waals surface area (Å²) in [5.41, 5.74) is 0.642. The maximum absolute atomic E-state index is 13.5. The van der Waals surface area contributed by atoms with Crippen molar-refractivity contribution in [3.05, 3.63) is 34.1 Å². The second-order valence-electron chi connectivity index (χ2n) is 3.75. The number of methoxy groups -OCH3 is 1. The Morgan fingerprint density at radius 1 is 1.53 bits per heavy atom. The maximum atomic E-state index is 13.5. The van der Waals surface area contributed by atoms with Crippen LogP contribution in [0.1, 0.15) is 12.0 Å². The highest BCUT2D eigenvalue weighted by Gasteiger charge is 2.09. The molecule has 0 aliphatic heterocycles. The molecule has 1 rings (SSSR count). The second kappa shape index (κ2) is 8.03. The first-order chi connectivity index (χ1) is 8.17. The Labute approximate surface area is 115 Å². The molecule has 0 heterocycles. The van der Waals surface area contributed by atoms with Crippen molar-refractivity contribution in [3.63, 3.8) is 0 Å². The van der Waals surface area contributed by atoms with Crippen LogP contribution in [0.25, 0.3) is 0 Å². The van der Waals surface area contributed by atoms with Crippen LogP contribution in [-0.2, 0) is 11.3 Å². The third kappa shape index (κ3) is 5.34. The minimum atomic E-state index is -0.214. The molecule has 0 saturated carbocycles. The van der Waals surface area contributed by atoms with Gasteiger partial charge in [-0.2, -0.15) is 0 Å². The molecule has 1 atom stereocenters. The SMILES string of the molecule is COCC(CCCl)NCc1ccc(Br)cc1F. The van der Waals surface area contributed by atoms with E-state index in [2.05, 4.69) is 21.2 Å². The minimum Gasteiger partial charge on any atom is -0.383 e. The van der Waals surface area contributed by atoms with Gasteiger partial charge >= 0.3 is 0 Å². The van der Waals surface area contributed by atoms with E-state index < -0.39 is 0 Å². The Balaban J connectivity index is 2.52. The van der Waals surface area contributed by atoms with Gasteiger partial charge in [0.2, 0.25) is 0 Å². The zero-order valence-electron chi connectivity index (χ0n) is 9.68. The fraction of sp³-hybridized carbons (Fsp3) is 0.500. The van der Waals surface area contributed by atoms with Gasteiger partial charge in [-0.15, -0.1) is 11.6 Å². The van der Waals surface area contributed by atoms with Gasteiger partial charge in [0, 0.05) is 35.6 Å². The molecule has 17 heavy (non-hydrogen) atoms. The number of hydrogen-bond acceptors (Lipinski definition) is 2. The first kappa shape index (κ1) is 14.9. The minimum absolute atomic E-state index is 0.153. The fourth-order valence-corrected chi connectivity index (χ4v) is 2.09. The van der Waals surface area contributed by atoms with Crippen molar-refractivity contribution in [1.29, 1.82) is 0 Å².